The Bertz CT molecular complexity index is 3020. The molecular formula is C49H31N5O2Pt-2. The first kappa shape index (κ1) is 35.6. The van der Waals surface area contributed by atoms with Crippen LogP contribution in [0.25, 0.3) is 67.2 Å². The number of imidazole rings is 2. The Morgan fingerprint density at radius 1 is 0.526 bits per heavy atom. The largest absolute Gasteiger partial charge is 0.510 e. The Kier molecular flexibility index (Phi) is 9.51. The van der Waals surface area contributed by atoms with Crippen molar-refractivity contribution in [2.45, 2.75) is 0 Å². The van der Waals surface area contributed by atoms with Crippen LogP contribution in [0.4, 0.5) is 0 Å². The zero-order chi connectivity index (χ0) is 37.4. The van der Waals surface area contributed by atoms with Gasteiger partial charge in [0, 0.05) is 38.8 Å². The summed E-state index contributed by atoms with van der Waals surface area (Å²) >= 11 is 0. The van der Waals surface area contributed by atoms with Crippen molar-refractivity contribution in [3.05, 3.63) is 217 Å². The van der Waals surface area contributed by atoms with Gasteiger partial charge in [-0.3, -0.25) is 13.7 Å². The van der Waals surface area contributed by atoms with E-state index in [4.69, 9.17) is 4.74 Å². The third-order valence-corrected chi connectivity index (χ3v) is 9.82. The second kappa shape index (κ2) is 15.2. The zero-order valence-corrected chi connectivity index (χ0v) is 32.5. The molecule has 0 spiro atoms. The minimum Gasteiger partial charge on any atom is -0.510 e. The maximum absolute atomic E-state index is 14.0. The molecule has 7 nitrogen and oxygen atoms in total. The number of hydrogen-bond acceptors (Lipinski definition) is 3. The summed E-state index contributed by atoms with van der Waals surface area (Å²) in [5, 5.41) is 0. The molecule has 57 heavy (non-hydrogen) atoms. The molecule has 0 bridgehead atoms. The van der Waals surface area contributed by atoms with Gasteiger partial charge < -0.3 is 9.30 Å². The Balaban J connectivity index is 0.00000422. The van der Waals surface area contributed by atoms with Gasteiger partial charge in [-0.05, 0) is 52.2 Å². The molecule has 3 aromatic heterocycles. The van der Waals surface area contributed by atoms with E-state index in [0.29, 0.717) is 28.4 Å². The maximum atomic E-state index is 14.0. The quantitative estimate of drug-likeness (QED) is 0.113. The number of ether oxygens (including phenoxy) is 1. The summed E-state index contributed by atoms with van der Waals surface area (Å²) in [6, 6.07) is 67.0. The Labute approximate surface area is 343 Å². The first-order valence-electron chi connectivity index (χ1n) is 18.3. The molecule has 0 saturated heterocycles. The Hall–Kier alpha value is -7.08. The fraction of sp³-hybridized carbons (Fsp3) is 0. The zero-order valence-electron chi connectivity index (χ0n) is 30.3. The minimum atomic E-state index is -0.251. The van der Waals surface area contributed by atoms with Crippen molar-refractivity contribution in [2.75, 3.05) is 0 Å². The van der Waals surface area contributed by atoms with E-state index >= 15 is 0 Å². The van der Waals surface area contributed by atoms with Crippen LogP contribution < -0.4 is 15.0 Å². The van der Waals surface area contributed by atoms with Crippen LogP contribution in [0.3, 0.4) is 0 Å². The molecule has 0 N–H and O–H groups in total. The minimum absolute atomic E-state index is 0. The molecule has 0 aliphatic heterocycles. The molecule has 8 heteroatoms. The van der Waals surface area contributed by atoms with Crippen LogP contribution in [0, 0.1) is 18.5 Å². The molecule has 0 unspecified atom stereocenters. The van der Waals surface area contributed by atoms with Crippen LogP contribution >= 0.6 is 0 Å². The van der Waals surface area contributed by atoms with Gasteiger partial charge in [-0.15, -0.1) is 30.3 Å². The normalized spacial score (nSPS) is 11.1. The molecule has 276 valence electrons. The molecule has 0 amide bonds. The summed E-state index contributed by atoms with van der Waals surface area (Å²) in [5.74, 6) is 0.917. The summed E-state index contributed by atoms with van der Waals surface area (Å²) in [4.78, 5) is 18.6. The monoisotopic (exact) mass is 916 g/mol. The van der Waals surface area contributed by atoms with E-state index in [2.05, 4.69) is 113 Å². The van der Waals surface area contributed by atoms with E-state index in [1.807, 2.05) is 102 Å². The summed E-state index contributed by atoms with van der Waals surface area (Å²) < 4.78 is 13.8. The maximum Gasteiger partial charge on any atom is 0.337 e. The van der Waals surface area contributed by atoms with E-state index in [1.165, 1.54) is 0 Å². The smallest absolute Gasteiger partial charge is 0.337 e. The molecule has 10 aromatic rings. The van der Waals surface area contributed by atoms with E-state index in [0.717, 1.165) is 50.3 Å². The van der Waals surface area contributed by atoms with E-state index < -0.39 is 0 Å². The number of fused-ring (bicyclic) bond motifs is 2. The average molecular weight is 917 g/mol. The predicted molar refractivity (Wildman–Crippen MR) is 219 cm³/mol. The van der Waals surface area contributed by atoms with Gasteiger partial charge in [0.25, 0.3) is 6.33 Å². The fourth-order valence-electron chi connectivity index (χ4n) is 7.33. The number of para-hydroxylation sites is 4. The summed E-state index contributed by atoms with van der Waals surface area (Å²) in [6.07, 6.45) is 5.38. The van der Waals surface area contributed by atoms with Crippen molar-refractivity contribution in [2.24, 2.45) is 0 Å². The molecule has 0 saturated carbocycles. The van der Waals surface area contributed by atoms with Gasteiger partial charge in [0.1, 0.15) is 0 Å². The fourth-order valence-corrected chi connectivity index (χ4v) is 7.33. The molecule has 0 fully saturated rings. The van der Waals surface area contributed by atoms with Crippen LogP contribution in [0.2, 0.25) is 0 Å². The van der Waals surface area contributed by atoms with Gasteiger partial charge in [0.15, 0.2) is 5.65 Å². The van der Waals surface area contributed by atoms with Gasteiger partial charge >= 0.3 is 5.69 Å². The number of aromatic nitrogens is 5. The SMILES string of the molecule is O=c1n(-c2ccccc2)c2cccnc2n1-c1[c-]c(Oc2[c-]c(-n3[c-][n+](-c4c(-c5ccccc5)cccc4-c4ccccc4)c4ccccc43)ccc2)ccc1.[Pt]. The van der Waals surface area contributed by atoms with Crippen molar-refractivity contribution in [1.29, 1.82) is 0 Å². The second-order valence-corrected chi connectivity index (χ2v) is 13.2. The molecule has 0 aliphatic carbocycles. The van der Waals surface area contributed by atoms with Gasteiger partial charge in [-0.1, -0.05) is 127 Å². The van der Waals surface area contributed by atoms with Crippen molar-refractivity contribution < 1.29 is 30.4 Å². The van der Waals surface area contributed by atoms with Crippen molar-refractivity contribution in [3.63, 3.8) is 0 Å². The number of rotatable bonds is 8. The standard InChI is InChI=1S/C49H31N5O2.Pt/c55-49-53(37-20-8-3-9-21-37)46-30-15-31-50-48(46)54(49)39-23-13-25-41(33-39)56-40-24-12-22-38(32-40)51-34-52(45-29-11-10-28-44(45)51)47-42(35-16-4-1-5-17-35)26-14-27-43(47)36-18-6-2-7-19-36;/h1-31H;/q-2;. The molecular weight excluding hydrogens is 886 g/mol. The number of nitrogens with zero attached hydrogens (tertiary/aromatic N) is 5. The number of benzene rings is 7. The first-order chi connectivity index (χ1) is 27.7. The van der Waals surface area contributed by atoms with Gasteiger partial charge in [-0.2, -0.15) is 18.2 Å². The molecule has 3 heterocycles. The molecule has 0 radical (unpaired) electrons. The van der Waals surface area contributed by atoms with Crippen molar-refractivity contribution in [1.82, 2.24) is 18.7 Å². The van der Waals surface area contributed by atoms with E-state index in [-0.39, 0.29) is 26.8 Å². The Morgan fingerprint density at radius 2 is 1.09 bits per heavy atom. The number of hydrogen-bond donors (Lipinski definition) is 0. The predicted octanol–water partition coefficient (Wildman–Crippen LogP) is 9.92. The van der Waals surface area contributed by atoms with Crippen LogP contribution in [-0.2, 0) is 21.1 Å². The average Bonchev–Trinajstić information content (AvgIpc) is 3.79. The topological polar surface area (TPSA) is 57.9 Å². The molecule has 0 aliphatic rings. The van der Waals surface area contributed by atoms with Crippen molar-refractivity contribution >= 4 is 22.2 Å². The first-order valence-corrected chi connectivity index (χ1v) is 18.3. The van der Waals surface area contributed by atoms with Crippen LogP contribution in [0.5, 0.6) is 11.5 Å². The molecule has 10 rings (SSSR count). The summed E-state index contributed by atoms with van der Waals surface area (Å²) in [6.45, 7) is 0. The molecule has 0 atom stereocenters. The van der Waals surface area contributed by atoms with Gasteiger partial charge in [0.2, 0.25) is 0 Å². The van der Waals surface area contributed by atoms with E-state index in [9.17, 15) is 4.79 Å². The third-order valence-electron chi connectivity index (χ3n) is 9.82. The van der Waals surface area contributed by atoms with Crippen LogP contribution in [0.15, 0.2) is 193 Å². The second-order valence-electron chi connectivity index (χ2n) is 13.2. The summed E-state index contributed by atoms with van der Waals surface area (Å²) in [7, 11) is 0. The third kappa shape index (κ3) is 6.48. The summed E-state index contributed by atoms with van der Waals surface area (Å²) in [5.41, 5.74) is 10.4. The number of pyridine rings is 1. The Morgan fingerprint density at radius 3 is 1.77 bits per heavy atom. The van der Waals surface area contributed by atoms with Gasteiger partial charge in [-0.25, -0.2) is 9.78 Å². The van der Waals surface area contributed by atoms with Crippen LogP contribution in [-0.4, -0.2) is 18.7 Å². The van der Waals surface area contributed by atoms with Gasteiger partial charge in [0.05, 0.1) is 27.9 Å². The van der Waals surface area contributed by atoms with Crippen molar-refractivity contribution in [3.8, 4) is 56.5 Å². The van der Waals surface area contributed by atoms with Crippen LogP contribution in [0.1, 0.15) is 0 Å². The molecule has 7 aromatic carbocycles. The van der Waals surface area contributed by atoms with E-state index in [1.54, 1.807) is 15.3 Å².